The molecule has 1 heteroatoms. The SMILES string of the molecule is C=Cc1ccc(-c2ccc3c(-c4ccc(N=C(C(=C)C5C=CC=CC5)c5ccccc5)cc4)c4ccccc4c(-c4cccc5c4-c4ccccc4C5(C)C)c3c2)cc1/C=C\C. The molecule has 0 fully saturated rings. The fourth-order valence-corrected chi connectivity index (χ4v) is 9.95. The number of hydrogen-bond acceptors (Lipinski definition) is 1. The third-order valence-corrected chi connectivity index (χ3v) is 13.1. The lowest BCUT2D eigenvalue weighted by Crippen LogP contribution is -2.14. The molecule has 2 aliphatic carbocycles. The first-order valence-electron chi connectivity index (χ1n) is 21.7. The summed E-state index contributed by atoms with van der Waals surface area (Å²) in [6.45, 7) is 15.5. The first kappa shape index (κ1) is 38.8. The molecule has 2 aliphatic rings. The minimum Gasteiger partial charge on any atom is -0.248 e. The molecule has 0 radical (unpaired) electrons. The molecule has 0 bridgehead atoms. The Morgan fingerprint density at radius 1 is 0.597 bits per heavy atom. The minimum absolute atomic E-state index is 0.115. The summed E-state index contributed by atoms with van der Waals surface area (Å²) in [5.74, 6) is 0.208. The van der Waals surface area contributed by atoms with Crippen molar-refractivity contribution >= 4 is 45.1 Å². The fraction of sp³-hybridized carbons (Fsp3) is 0.0984. The zero-order chi connectivity index (χ0) is 42.4. The van der Waals surface area contributed by atoms with Crippen molar-refractivity contribution in [3.8, 4) is 44.5 Å². The Hall–Kier alpha value is -7.35. The second-order valence-electron chi connectivity index (χ2n) is 17.1. The number of benzene rings is 8. The Morgan fingerprint density at radius 2 is 1.26 bits per heavy atom. The summed E-state index contributed by atoms with van der Waals surface area (Å²) in [4.78, 5) is 5.31. The van der Waals surface area contributed by atoms with Crippen LogP contribution in [0.5, 0.6) is 0 Å². The van der Waals surface area contributed by atoms with Crippen molar-refractivity contribution in [3.05, 3.63) is 235 Å². The van der Waals surface area contributed by atoms with Gasteiger partial charge in [0.1, 0.15) is 0 Å². The van der Waals surface area contributed by atoms with Crippen LogP contribution in [0, 0.1) is 5.92 Å². The lowest BCUT2D eigenvalue weighted by molar-refractivity contribution is 0.660. The van der Waals surface area contributed by atoms with Gasteiger partial charge in [-0.3, -0.25) is 0 Å². The van der Waals surface area contributed by atoms with E-state index in [-0.39, 0.29) is 11.3 Å². The van der Waals surface area contributed by atoms with E-state index in [1.807, 2.05) is 6.08 Å². The summed E-state index contributed by atoms with van der Waals surface area (Å²) < 4.78 is 0. The van der Waals surface area contributed by atoms with E-state index >= 15 is 0 Å². The molecule has 8 aromatic carbocycles. The number of hydrogen-bond donors (Lipinski definition) is 0. The molecule has 0 saturated heterocycles. The molecule has 0 aromatic heterocycles. The summed E-state index contributed by atoms with van der Waals surface area (Å²) in [6, 6.07) is 58.0. The lowest BCUT2D eigenvalue weighted by Gasteiger charge is -2.23. The quantitative estimate of drug-likeness (QED) is 0.102. The van der Waals surface area contributed by atoms with E-state index in [0.717, 1.165) is 45.6 Å². The highest BCUT2D eigenvalue weighted by atomic mass is 14.8. The molecule has 0 heterocycles. The second-order valence-corrected chi connectivity index (χ2v) is 17.1. The second kappa shape index (κ2) is 15.9. The number of nitrogens with zero attached hydrogens (tertiary/aromatic N) is 1. The lowest BCUT2D eigenvalue weighted by atomic mass is 9.80. The van der Waals surface area contributed by atoms with Crippen LogP contribution in [0.2, 0.25) is 0 Å². The Kier molecular flexibility index (Phi) is 9.97. The molecule has 0 saturated carbocycles. The zero-order valence-corrected chi connectivity index (χ0v) is 35.7. The van der Waals surface area contributed by atoms with Gasteiger partial charge in [-0.15, -0.1) is 0 Å². The number of fused-ring (bicyclic) bond motifs is 5. The predicted octanol–water partition coefficient (Wildman–Crippen LogP) is 16.8. The Labute approximate surface area is 366 Å². The van der Waals surface area contributed by atoms with Gasteiger partial charge in [-0.05, 0) is 131 Å². The fourth-order valence-electron chi connectivity index (χ4n) is 9.95. The maximum Gasteiger partial charge on any atom is 0.0741 e. The molecule has 8 aromatic rings. The largest absolute Gasteiger partial charge is 0.248 e. The molecule has 0 amide bonds. The van der Waals surface area contributed by atoms with Crippen LogP contribution in [0.3, 0.4) is 0 Å². The normalized spacial score (nSPS) is 15.3. The van der Waals surface area contributed by atoms with E-state index < -0.39 is 0 Å². The molecular formula is C61H49N. The average Bonchev–Trinajstić information content (AvgIpc) is 3.56. The molecule has 1 nitrogen and oxygen atoms in total. The summed E-state index contributed by atoms with van der Waals surface area (Å²) in [5, 5.41) is 4.90. The molecule has 10 rings (SSSR count). The van der Waals surface area contributed by atoms with Gasteiger partial charge in [0, 0.05) is 16.9 Å². The molecule has 1 atom stereocenters. The van der Waals surface area contributed by atoms with E-state index in [1.165, 1.54) is 71.6 Å². The van der Waals surface area contributed by atoms with Crippen molar-refractivity contribution in [2.45, 2.75) is 32.6 Å². The van der Waals surface area contributed by atoms with Crippen LogP contribution < -0.4 is 0 Å². The van der Waals surface area contributed by atoms with Gasteiger partial charge in [-0.2, -0.15) is 0 Å². The number of rotatable bonds is 9. The smallest absolute Gasteiger partial charge is 0.0741 e. The number of allylic oxidation sites excluding steroid dienone is 6. The highest BCUT2D eigenvalue weighted by molar-refractivity contribution is 6.23. The van der Waals surface area contributed by atoms with Crippen molar-refractivity contribution in [2.75, 3.05) is 0 Å². The molecule has 298 valence electrons. The van der Waals surface area contributed by atoms with Crippen molar-refractivity contribution < 1.29 is 0 Å². The standard InChI is InChI=1S/C61H49N/c1-6-19-45-38-46(31-30-41(45)7-2)47-34-37-51-54(39-47)58(53-27-18-29-56-59(53)52-26-16-17-28-55(52)61(56,4)5)50-25-15-14-24-49(50)57(51)43-32-35-48(36-33-43)62-60(44-22-12-9-13-23-44)40(3)42-20-10-8-11-21-42/h6-20,22-39,42H,2-3,21H2,1,4-5H3/b19-6-,62-60?. The van der Waals surface area contributed by atoms with Crippen LogP contribution in [0.15, 0.2) is 212 Å². The Bertz CT molecular complexity index is 3200. The van der Waals surface area contributed by atoms with Crippen LogP contribution >= 0.6 is 0 Å². The van der Waals surface area contributed by atoms with Crippen molar-refractivity contribution in [3.63, 3.8) is 0 Å². The van der Waals surface area contributed by atoms with Crippen LogP contribution in [-0.2, 0) is 5.41 Å². The van der Waals surface area contributed by atoms with Crippen molar-refractivity contribution in [1.29, 1.82) is 0 Å². The molecule has 0 aliphatic heterocycles. The van der Waals surface area contributed by atoms with E-state index in [9.17, 15) is 0 Å². The zero-order valence-electron chi connectivity index (χ0n) is 35.7. The third kappa shape index (κ3) is 6.62. The van der Waals surface area contributed by atoms with Gasteiger partial charge in [0.05, 0.1) is 11.4 Å². The molecule has 62 heavy (non-hydrogen) atoms. The first-order valence-corrected chi connectivity index (χ1v) is 21.7. The van der Waals surface area contributed by atoms with E-state index in [2.05, 4.69) is 228 Å². The van der Waals surface area contributed by atoms with E-state index in [1.54, 1.807) is 0 Å². The van der Waals surface area contributed by atoms with Crippen LogP contribution in [0.4, 0.5) is 5.69 Å². The topological polar surface area (TPSA) is 12.4 Å². The van der Waals surface area contributed by atoms with Crippen molar-refractivity contribution in [1.82, 2.24) is 0 Å². The van der Waals surface area contributed by atoms with Gasteiger partial charge in [0.2, 0.25) is 0 Å². The Morgan fingerprint density at radius 3 is 2.02 bits per heavy atom. The van der Waals surface area contributed by atoms with E-state index in [4.69, 9.17) is 4.99 Å². The Balaban J connectivity index is 1.20. The monoisotopic (exact) mass is 795 g/mol. The molecule has 1 unspecified atom stereocenters. The van der Waals surface area contributed by atoms with E-state index in [0.29, 0.717) is 0 Å². The van der Waals surface area contributed by atoms with Gasteiger partial charge >= 0.3 is 0 Å². The third-order valence-electron chi connectivity index (χ3n) is 13.1. The van der Waals surface area contributed by atoms with Crippen molar-refractivity contribution in [2.24, 2.45) is 10.9 Å². The highest BCUT2D eigenvalue weighted by Gasteiger charge is 2.37. The highest BCUT2D eigenvalue weighted by Crippen LogP contribution is 2.54. The van der Waals surface area contributed by atoms with Crippen LogP contribution in [-0.4, -0.2) is 5.71 Å². The molecular weight excluding hydrogens is 747 g/mol. The average molecular weight is 796 g/mol. The predicted molar refractivity (Wildman–Crippen MR) is 268 cm³/mol. The van der Waals surface area contributed by atoms with Crippen LogP contribution in [0.1, 0.15) is 55.0 Å². The number of aliphatic imine (C=N–C) groups is 1. The minimum atomic E-state index is -0.115. The first-order chi connectivity index (χ1) is 30.4. The van der Waals surface area contributed by atoms with Gasteiger partial charge in [0.25, 0.3) is 0 Å². The van der Waals surface area contributed by atoms with Crippen LogP contribution in [0.25, 0.3) is 78.2 Å². The summed E-state index contributed by atoms with van der Waals surface area (Å²) in [5.41, 5.74) is 18.8. The van der Waals surface area contributed by atoms with Gasteiger partial charge in [-0.25, -0.2) is 4.99 Å². The molecule has 0 N–H and O–H groups in total. The summed E-state index contributed by atoms with van der Waals surface area (Å²) in [6.07, 6.45) is 15.8. The maximum atomic E-state index is 5.31. The molecule has 0 spiro atoms. The van der Waals surface area contributed by atoms with Gasteiger partial charge < -0.3 is 0 Å². The van der Waals surface area contributed by atoms with Gasteiger partial charge in [-0.1, -0.05) is 203 Å². The summed E-state index contributed by atoms with van der Waals surface area (Å²) >= 11 is 0. The maximum absolute atomic E-state index is 5.31. The summed E-state index contributed by atoms with van der Waals surface area (Å²) in [7, 11) is 0. The van der Waals surface area contributed by atoms with Gasteiger partial charge in [0.15, 0.2) is 0 Å².